The average molecular weight is 479 g/mol. The fraction of sp³-hybridized carbons (Fsp3) is 0.350. The molecule has 0 aliphatic carbocycles. The fourth-order valence-corrected chi connectivity index (χ4v) is 5.19. The maximum absolute atomic E-state index is 13.0. The third kappa shape index (κ3) is 5.96. The minimum absolute atomic E-state index is 0.0759. The molecule has 0 spiro atoms. The molecule has 1 N–H and O–H groups in total. The van der Waals surface area contributed by atoms with Crippen LogP contribution >= 0.6 is 11.6 Å². The Balaban J connectivity index is 1.68. The summed E-state index contributed by atoms with van der Waals surface area (Å²) in [7, 11) is -3.76. The molecule has 1 fully saturated rings. The summed E-state index contributed by atoms with van der Waals surface area (Å²) < 4.78 is 78.7. The van der Waals surface area contributed by atoms with Gasteiger partial charge < -0.3 is 5.32 Å². The Bertz CT molecular complexity index is 1060. The summed E-state index contributed by atoms with van der Waals surface area (Å²) in [6.07, 6.45) is -3.85. The summed E-state index contributed by atoms with van der Waals surface area (Å²) in [4.78, 5) is 12.6. The van der Waals surface area contributed by atoms with Crippen molar-refractivity contribution in [1.29, 1.82) is 0 Å². The van der Waals surface area contributed by atoms with Crippen molar-refractivity contribution in [3.05, 3.63) is 64.4 Å². The first kappa shape index (κ1) is 23.5. The number of nitrogens with one attached hydrogen (secondary N) is 1. The van der Waals surface area contributed by atoms with E-state index in [4.69, 9.17) is 11.6 Å². The highest BCUT2D eigenvalue weighted by Gasteiger charge is 2.35. The van der Waals surface area contributed by atoms with Gasteiger partial charge in [-0.3, -0.25) is 4.79 Å². The van der Waals surface area contributed by atoms with Crippen molar-refractivity contribution in [3.8, 4) is 0 Å². The second-order valence-corrected chi connectivity index (χ2v) is 9.64. The van der Waals surface area contributed by atoms with Gasteiger partial charge in [-0.2, -0.15) is 13.2 Å². The molecule has 0 aromatic heterocycles. The van der Waals surface area contributed by atoms with Crippen molar-refractivity contribution in [2.24, 2.45) is 5.92 Å². The molecule has 0 radical (unpaired) electrons. The van der Waals surface area contributed by atoms with Crippen LogP contribution in [-0.4, -0.2) is 31.7 Å². The van der Waals surface area contributed by atoms with E-state index in [2.05, 4.69) is 5.32 Å². The quantitative estimate of drug-likeness (QED) is 0.635. The molecule has 0 saturated carbocycles. The number of rotatable bonds is 5. The second-order valence-electron chi connectivity index (χ2n) is 7.26. The van der Waals surface area contributed by atoms with E-state index in [0.29, 0.717) is 18.4 Å². The van der Waals surface area contributed by atoms with Crippen molar-refractivity contribution in [3.63, 3.8) is 0 Å². The predicted molar refractivity (Wildman–Crippen MR) is 108 cm³/mol. The van der Waals surface area contributed by atoms with Gasteiger partial charge in [0.2, 0.25) is 15.9 Å². The van der Waals surface area contributed by atoms with Gasteiger partial charge in [0, 0.05) is 18.8 Å². The van der Waals surface area contributed by atoms with Gasteiger partial charge in [0.1, 0.15) is 5.82 Å². The molecule has 0 bridgehead atoms. The molecule has 5 nitrogen and oxygen atoms in total. The first-order valence-electron chi connectivity index (χ1n) is 9.35. The Labute approximate surface area is 182 Å². The highest BCUT2D eigenvalue weighted by atomic mass is 35.5. The third-order valence-corrected chi connectivity index (χ3v) is 7.10. The lowest BCUT2D eigenvalue weighted by Gasteiger charge is -2.31. The summed E-state index contributed by atoms with van der Waals surface area (Å²) in [5, 5.41) is 1.93. The van der Waals surface area contributed by atoms with E-state index in [0.717, 1.165) is 12.1 Å². The van der Waals surface area contributed by atoms with Crippen LogP contribution in [0.4, 0.5) is 23.2 Å². The van der Waals surface area contributed by atoms with Crippen LogP contribution in [-0.2, 0) is 26.7 Å². The summed E-state index contributed by atoms with van der Waals surface area (Å²) in [5.41, 5.74) is -0.735. The highest BCUT2D eigenvalue weighted by Crippen LogP contribution is 2.36. The second kappa shape index (κ2) is 9.13. The number of carbonyl (C=O) groups is 1. The minimum Gasteiger partial charge on any atom is -0.326 e. The SMILES string of the molecule is O=C(Nc1ccc(Cl)c(C(F)(F)F)c1)C1CCCN(S(=O)(=O)Cc2ccc(F)cc2)C1. The molecular formula is C20H19ClF4N2O3S. The van der Waals surface area contributed by atoms with Crippen LogP contribution in [0.2, 0.25) is 5.02 Å². The zero-order valence-electron chi connectivity index (χ0n) is 16.1. The van der Waals surface area contributed by atoms with Crippen LogP contribution in [0.3, 0.4) is 0 Å². The predicted octanol–water partition coefficient (Wildman–Crippen LogP) is 4.68. The molecule has 1 amide bonds. The van der Waals surface area contributed by atoms with E-state index >= 15 is 0 Å². The zero-order chi connectivity index (χ0) is 22.8. The molecule has 31 heavy (non-hydrogen) atoms. The Morgan fingerprint density at radius 3 is 2.48 bits per heavy atom. The summed E-state index contributed by atoms with van der Waals surface area (Å²) in [6, 6.07) is 8.12. The van der Waals surface area contributed by atoms with Gasteiger partial charge in [-0.15, -0.1) is 0 Å². The van der Waals surface area contributed by atoms with Gasteiger partial charge in [-0.1, -0.05) is 23.7 Å². The topological polar surface area (TPSA) is 66.5 Å². The van der Waals surface area contributed by atoms with Crippen molar-refractivity contribution in [1.82, 2.24) is 4.31 Å². The lowest BCUT2D eigenvalue weighted by Crippen LogP contribution is -2.44. The van der Waals surface area contributed by atoms with Gasteiger partial charge in [0.15, 0.2) is 0 Å². The van der Waals surface area contributed by atoms with Gasteiger partial charge in [-0.05, 0) is 48.7 Å². The lowest BCUT2D eigenvalue weighted by molar-refractivity contribution is -0.137. The molecular weight excluding hydrogens is 460 g/mol. The van der Waals surface area contributed by atoms with Crippen molar-refractivity contribution >= 4 is 33.2 Å². The van der Waals surface area contributed by atoms with Crippen LogP contribution in [0.5, 0.6) is 0 Å². The molecule has 1 aliphatic rings. The largest absolute Gasteiger partial charge is 0.417 e. The monoisotopic (exact) mass is 478 g/mol. The number of carbonyl (C=O) groups excluding carboxylic acids is 1. The number of hydrogen-bond donors (Lipinski definition) is 1. The van der Waals surface area contributed by atoms with E-state index in [-0.39, 0.29) is 24.5 Å². The fourth-order valence-electron chi connectivity index (χ4n) is 3.36. The van der Waals surface area contributed by atoms with Crippen LogP contribution in [0.15, 0.2) is 42.5 Å². The molecule has 1 aliphatic heterocycles. The number of piperidine rings is 1. The summed E-state index contributed by atoms with van der Waals surface area (Å²) in [5.74, 6) is -2.11. The summed E-state index contributed by atoms with van der Waals surface area (Å²) >= 11 is 5.58. The third-order valence-electron chi connectivity index (χ3n) is 4.95. The maximum atomic E-state index is 13.0. The van der Waals surface area contributed by atoms with Crippen molar-refractivity contribution in [2.75, 3.05) is 18.4 Å². The van der Waals surface area contributed by atoms with E-state index in [1.807, 2.05) is 0 Å². The number of nitrogens with zero attached hydrogens (tertiary/aromatic N) is 1. The number of alkyl halides is 3. The maximum Gasteiger partial charge on any atom is 0.417 e. The molecule has 1 saturated heterocycles. The summed E-state index contributed by atoms with van der Waals surface area (Å²) in [6.45, 7) is 0.140. The van der Waals surface area contributed by atoms with E-state index in [1.54, 1.807) is 0 Å². The van der Waals surface area contributed by atoms with Crippen LogP contribution in [0.25, 0.3) is 0 Å². The van der Waals surface area contributed by atoms with Crippen LogP contribution in [0, 0.1) is 11.7 Å². The number of anilines is 1. The average Bonchev–Trinajstić information content (AvgIpc) is 2.70. The Kier molecular flexibility index (Phi) is 6.92. The van der Waals surface area contributed by atoms with Gasteiger partial charge >= 0.3 is 6.18 Å². The zero-order valence-corrected chi connectivity index (χ0v) is 17.7. The molecule has 1 atom stereocenters. The van der Waals surface area contributed by atoms with Gasteiger partial charge in [0.05, 0.1) is 22.3 Å². The van der Waals surface area contributed by atoms with E-state index < -0.39 is 44.4 Å². The first-order chi connectivity index (χ1) is 14.5. The lowest BCUT2D eigenvalue weighted by atomic mass is 9.98. The minimum atomic E-state index is -4.67. The van der Waals surface area contributed by atoms with Gasteiger partial charge in [-0.25, -0.2) is 17.1 Å². The highest BCUT2D eigenvalue weighted by molar-refractivity contribution is 7.88. The molecule has 2 aromatic carbocycles. The molecule has 168 valence electrons. The Morgan fingerprint density at radius 2 is 1.84 bits per heavy atom. The molecule has 1 heterocycles. The molecule has 11 heteroatoms. The number of halogens is 5. The molecule has 2 aromatic rings. The number of hydrogen-bond acceptors (Lipinski definition) is 3. The smallest absolute Gasteiger partial charge is 0.326 e. The number of amides is 1. The molecule has 3 rings (SSSR count). The number of benzene rings is 2. The Hall–Kier alpha value is -2.17. The van der Waals surface area contributed by atoms with E-state index in [1.165, 1.54) is 34.6 Å². The van der Waals surface area contributed by atoms with Gasteiger partial charge in [0.25, 0.3) is 0 Å². The number of sulfonamides is 1. The Morgan fingerprint density at radius 1 is 1.16 bits per heavy atom. The van der Waals surface area contributed by atoms with Crippen molar-refractivity contribution < 1.29 is 30.8 Å². The standard InChI is InChI=1S/C20H19ClF4N2O3S/c21-18-8-7-16(10-17(18)20(23,24)25)26-19(28)14-2-1-9-27(11-14)31(29,30)12-13-3-5-15(22)6-4-13/h3-8,10,14H,1-2,9,11-12H2,(H,26,28). The van der Waals surface area contributed by atoms with Crippen LogP contribution in [0.1, 0.15) is 24.0 Å². The molecule has 1 unspecified atom stereocenters. The van der Waals surface area contributed by atoms with Crippen LogP contribution < -0.4 is 5.32 Å². The van der Waals surface area contributed by atoms with E-state index in [9.17, 15) is 30.8 Å². The van der Waals surface area contributed by atoms with Crippen molar-refractivity contribution in [2.45, 2.75) is 24.8 Å². The normalized spacial score (nSPS) is 18.0. The first-order valence-corrected chi connectivity index (χ1v) is 11.3.